The highest BCUT2D eigenvalue weighted by molar-refractivity contribution is 5.95. The number of aryl methyl sites for hydroxylation is 2. The van der Waals surface area contributed by atoms with E-state index in [0.29, 0.717) is 30.0 Å². The van der Waals surface area contributed by atoms with Crippen molar-refractivity contribution in [2.75, 3.05) is 6.54 Å². The summed E-state index contributed by atoms with van der Waals surface area (Å²) < 4.78 is 5.33. The van der Waals surface area contributed by atoms with Crippen LogP contribution in [0.4, 0.5) is 0 Å². The Balaban J connectivity index is 1.95. The standard InChI is InChI=1S/C15H21NO4/c1-9-7-13(10(2)20-9)14(17)16-8-11-5-3-4-6-12(11)15(18)19/h7,11-12H,3-6,8H2,1-2H3,(H,16,17)(H,18,19). The van der Waals surface area contributed by atoms with Crippen LogP contribution in [0.2, 0.25) is 0 Å². The largest absolute Gasteiger partial charge is 0.481 e. The van der Waals surface area contributed by atoms with Gasteiger partial charge >= 0.3 is 5.97 Å². The number of carbonyl (C=O) groups excluding carboxylic acids is 1. The maximum atomic E-state index is 12.1. The number of carboxylic acids is 1. The summed E-state index contributed by atoms with van der Waals surface area (Å²) in [6.45, 7) is 3.97. The second-order valence-electron chi connectivity index (χ2n) is 5.53. The quantitative estimate of drug-likeness (QED) is 0.887. The Kier molecular flexibility index (Phi) is 4.47. The average molecular weight is 279 g/mol. The van der Waals surface area contributed by atoms with Gasteiger partial charge in [0.1, 0.15) is 11.5 Å². The summed E-state index contributed by atoms with van der Waals surface area (Å²) in [5.41, 5.74) is 0.533. The van der Waals surface area contributed by atoms with Crippen LogP contribution in [0.25, 0.3) is 0 Å². The number of nitrogens with one attached hydrogen (secondary N) is 1. The highest BCUT2D eigenvalue weighted by Crippen LogP contribution is 2.29. The van der Waals surface area contributed by atoms with Crippen molar-refractivity contribution in [3.8, 4) is 0 Å². The van der Waals surface area contributed by atoms with E-state index in [1.54, 1.807) is 19.9 Å². The molecule has 5 nitrogen and oxygen atoms in total. The lowest BCUT2D eigenvalue weighted by Gasteiger charge is -2.28. The molecule has 1 aromatic heterocycles. The second-order valence-corrected chi connectivity index (χ2v) is 5.53. The number of carboxylic acid groups (broad SMARTS) is 1. The Morgan fingerprint density at radius 2 is 2.05 bits per heavy atom. The molecule has 1 aliphatic rings. The SMILES string of the molecule is Cc1cc(C(=O)NCC2CCCCC2C(=O)O)c(C)o1. The van der Waals surface area contributed by atoms with Crippen LogP contribution in [-0.4, -0.2) is 23.5 Å². The normalized spacial score (nSPS) is 22.5. The topological polar surface area (TPSA) is 79.5 Å². The van der Waals surface area contributed by atoms with Gasteiger partial charge in [-0.15, -0.1) is 0 Å². The molecule has 0 radical (unpaired) electrons. The van der Waals surface area contributed by atoms with Crippen LogP contribution in [-0.2, 0) is 4.79 Å². The summed E-state index contributed by atoms with van der Waals surface area (Å²) in [6, 6.07) is 1.71. The lowest BCUT2D eigenvalue weighted by Crippen LogP contribution is -2.37. The maximum Gasteiger partial charge on any atom is 0.306 e. The molecule has 0 aromatic carbocycles. The van der Waals surface area contributed by atoms with Crippen molar-refractivity contribution >= 4 is 11.9 Å². The maximum absolute atomic E-state index is 12.1. The van der Waals surface area contributed by atoms with Crippen LogP contribution in [0, 0.1) is 25.7 Å². The fourth-order valence-corrected chi connectivity index (χ4v) is 2.95. The van der Waals surface area contributed by atoms with Gasteiger partial charge in [0.15, 0.2) is 0 Å². The first-order valence-electron chi connectivity index (χ1n) is 7.07. The molecule has 20 heavy (non-hydrogen) atoms. The van der Waals surface area contributed by atoms with E-state index in [1.807, 2.05) is 0 Å². The van der Waals surface area contributed by atoms with Gasteiger partial charge in [-0.1, -0.05) is 12.8 Å². The Morgan fingerprint density at radius 1 is 1.35 bits per heavy atom. The number of carbonyl (C=O) groups is 2. The van der Waals surface area contributed by atoms with Gasteiger partial charge in [-0.25, -0.2) is 0 Å². The molecule has 0 saturated heterocycles. The number of amides is 1. The lowest BCUT2D eigenvalue weighted by atomic mass is 9.79. The number of furan rings is 1. The number of rotatable bonds is 4. The molecular weight excluding hydrogens is 258 g/mol. The van der Waals surface area contributed by atoms with E-state index in [1.165, 1.54) is 0 Å². The molecule has 0 aliphatic heterocycles. The molecular formula is C15H21NO4. The highest BCUT2D eigenvalue weighted by atomic mass is 16.4. The third kappa shape index (κ3) is 3.21. The van der Waals surface area contributed by atoms with Crippen molar-refractivity contribution < 1.29 is 19.1 Å². The fraction of sp³-hybridized carbons (Fsp3) is 0.600. The molecule has 110 valence electrons. The minimum absolute atomic E-state index is 0.0264. The minimum Gasteiger partial charge on any atom is -0.481 e. The molecule has 1 saturated carbocycles. The molecule has 1 heterocycles. The molecule has 1 amide bonds. The minimum atomic E-state index is -0.751. The number of hydrogen-bond donors (Lipinski definition) is 2. The molecule has 1 fully saturated rings. The molecule has 1 aliphatic carbocycles. The van der Waals surface area contributed by atoms with Crippen LogP contribution in [0.15, 0.2) is 10.5 Å². The lowest BCUT2D eigenvalue weighted by molar-refractivity contribution is -0.144. The molecule has 0 spiro atoms. The van der Waals surface area contributed by atoms with E-state index in [2.05, 4.69) is 5.32 Å². The van der Waals surface area contributed by atoms with Gasteiger partial charge in [0.25, 0.3) is 5.91 Å². The van der Waals surface area contributed by atoms with E-state index in [9.17, 15) is 14.7 Å². The Labute approximate surface area is 118 Å². The van der Waals surface area contributed by atoms with Crippen molar-refractivity contribution in [2.45, 2.75) is 39.5 Å². The van der Waals surface area contributed by atoms with E-state index >= 15 is 0 Å². The first kappa shape index (κ1) is 14.6. The van der Waals surface area contributed by atoms with Gasteiger partial charge in [-0.3, -0.25) is 9.59 Å². The molecule has 1 aromatic rings. The average Bonchev–Trinajstić information content (AvgIpc) is 2.75. The summed E-state index contributed by atoms with van der Waals surface area (Å²) in [5, 5.41) is 12.1. The van der Waals surface area contributed by atoms with Gasteiger partial charge < -0.3 is 14.8 Å². The molecule has 5 heteroatoms. The Morgan fingerprint density at radius 3 is 2.65 bits per heavy atom. The second kappa shape index (κ2) is 6.11. The zero-order chi connectivity index (χ0) is 14.7. The zero-order valence-electron chi connectivity index (χ0n) is 11.9. The molecule has 2 unspecified atom stereocenters. The predicted molar refractivity (Wildman–Crippen MR) is 73.6 cm³/mol. The Hall–Kier alpha value is -1.78. The fourth-order valence-electron chi connectivity index (χ4n) is 2.95. The van der Waals surface area contributed by atoms with Gasteiger partial charge in [0, 0.05) is 6.54 Å². The first-order valence-corrected chi connectivity index (χ1v) is 7.07. The van der Waals surface area contributed by atoms with Gasteiger partial charge in [-0.05, 0) is 38.7 Å². The van der Waals surface area contributed by atoms with E-state index < -0.39 is 5.97 Å². The van der Waals surface area contributed by atoms with Crippen molar-refractivity contribution in [1.29, 1.82) is 0 Å². The van der Waals surface area contributed by atoms with Crippen molar-refractivity contribution in [3.05, 3.63) is 23.2 Å². The predicted octanol–water partition coefficient (Wildman–Crippen LogP) is 2.52. The molecule has 2 N–H and O–H groups in total. The van der Waals surface area contributed by atoms with Crippen molar-refractivity contribution in [2.24, 2.45) is 11.8 Å². The van der Waals surface area contributed by atoms with Crippen molar-refractivity contribution in [1.82, 2.24) is 5.32 Å². The zero-order valence-corrected chi connectivity index (χ0v) is 11.9. The van der Waals surface area contributed by atoms with E-state index in [0.717, 1.165) is 19.3 Å². The third-order valence-electron chi connectivity index (χ3n) is 4.04. The van der Waals surface area contributed by atoms with Crippen LogP contribution in [0.3, 0.4) is 0 Å². The Bertz CT molecular complexity index is 506. The summed E-state index contributed by atoms with van der Waals surface area (Å²) in [6.07, 6.45) is 3.57. The highest BCUT2D eigenvalue weighted by Gasteiger charge is 2.31. The van der Waals surface area contributed by atoms with E-state index in [-0.39, 0.29) is 17.7 Å². The van der Waals surface area contributed by atoms with Crippen LogP contribution >= 0.6 is 0 Å². The van der Waals surface area contributed by atoms with Crippen LogP contribution < -0.4 is 5.32 Å². The van der Waals surface area contributed by atoms with Crippen LogP contribution in [0.5, 0.6) is 0 Å². The number of hydrogen-bond acceptors (Lipinski definition) is 3. The molecule has 0 bridgehead atoms. The molecule has 2 atom stereocenters. The van der Waals surface area contributed by atoms with Gasteiger partial charge in [0.2, 0.25) is 0 Å². The summed E-state index contributed by atoms with van der Waals surface area (Å²) in [5.74, 6) is 0.0511. The van der Waals surface area contributed by atoms with Crippen molar-refractivity contribution in [3.63, 3.8) is 0 Å². The monoisotopic (exact) mass is 279 g/mol. The third-order valence-corrected chi connectivity index (χ3v) is 4.04. The first-order chi connectivity index (χ1) is 9.49. The number of aliphatic carboxylic acids is 1. The van der Waals surface area contributed by atoms with Crippen LogP contribution in [0.1, 0.15) is 47.6 Å². The summed E-state index contributed by atoms with van der Waals surface area (Å²) >= 11 is 0. The van der Waals surface area contributed by atoms with Gasteiger partial charge in [0.05, 0.1) is 11.5 Å². The smallest absolute Gasteiger partial charge is 0.306 e. The molecule has 2 rings (SSSR count). The summed E-state index contributed by atoms with van der Waals surface area (Å²) in [7, 11) is 0. The van der Waals surface area contributed by atoms with Gasteiger partial charge in [-0.2, -0.15) is 0 Å². The van der Waals surface area contributed by atoms with E-state index in [4.69, 9.17) is 4.42 Å². The summed E-state index contributed by atoms with van der Waals surface area (Å²) in [4.78, 5) is 23.3.